The molecule has 0 aromatic heterocycles. The molecule has 4 rings (SSSR count). The van der Waals surface area contributed by atoms with Crippen molar-refractivity contribution < 1.29 is 33.0 Å². The van der Waals surface area contributed by atoms with Gasteiger partial charge >= 0.3 is 12.1 Å². The molecule has 0 aliphatic heterocycles. The highest BCUT2D eigenvalue weighted by molar-refractivity contribution is 5.79. The number of amides is 2. The van der Waals surface area contributed by atoms with Crippen LogP contribution in [0.3, 0.4) is 0 Å². The van der Waals surface area contributed by atoms with Crippen LogP contribution in [-0.2, 0) is 14.3 Å². The number of ether oxygens (including phenoxy) is 1. The van der Waals surface area contributed by atoms with Gasteiger partial charge in [0, 0.05) is 24.9 Å². The number of carboxylic acids is 1. The molecule has 0 saturated heterocycles. The summed E-state index contributed by atoms with van der Waals surface area (Å²) in [4.78, 5) is 35.3. The minimum absolute atomic E-state index is 0.0121. The van der Waals surface area contributed by atoms with E-state index in [0.717, 1.165) is 22.3 Å². The number of hydrogen-bond donors (Lipinski definition) is 3. The minimum Gasteiger partial charge on any atom is -0.481 e. The van der Waals surface area contributed by atoms with Crippen LogP contribution < -0.4 is 10.6 Å². The molecule has 35 heavy (non-hydrogen) atoms. The summed E-state index contributed by atoms with van der Waals surface area (Å²) < 4.78 is 32.4. The summed E-state index contributed by atoms with van der Waals surface area (Å²) in [6, 6.07) is 15.7. The van der Waals surface area contributed by atoms with Gasteiger partial charge in [-0.2, -0.15) is 0 Å². The average molecular weight is 487 g/mol. The van der Waals surface area contributed by atoms with Crippen LogP contribution in [0.4, 0.5) is 13.6 Å². The van der Waals surface area contributed by atoms with Crippen LogP contribution in [0, 0.1) is 11.8 Å². The zero-order chi connectivity index (χ0) is 25.2. The maximum Gasteiger partial charge on any atom is 0.407 e. The second kappa shape index (κ2) is 10.0. The maximum absolute atomic E-state index is 13.4. The molecule has 3 atom stereocenters. The molecule has 2 amide bonds. The van der Waals surface area contributed by atoms with Gasteiger partial charge in [-0.15, -0.1) is 0 Å². The molecule has 186 valence electrons. The standard InChI is InChI=1S/C26H28F2N2O5/c1-2-15(11-12-22(31)29-13-21-23(24(32)33)26(21,27)28)30-25(34)35-14-20-18-9-5-3-7-16(18)17-8-4-6-10-19(17)20/h3-10,15,20-21,23H,2,11-14H2,1H3,(H,29,31)(H,30,34)(H,32,33)/t15?,21-,23-/m1/s1. The smallest absolute Gasteiger partial charge is 0.407 e. The summed E-state index contributed by atoms with van der Waals surface area (Å²) in [5, 5.41) is 13.9. The Balaban J connectivity index is 1.23. The van der Waals surface area contributed by atoms with Gasteiger partial charge < -0.3 is 20.5 Å². The lowest BCUT2D eigenvalue weighted by molar-refractivity contribution is -0.141. The first-order valence-corrected chi connectivity index (χ1v) is 11.7. The fraction of sp³-hybridized carbons (Fsp3) is 0.423. The Hall–Kier alpha value is -3.49. The number of aliphatic carboxylic acids is 1. The van der Waals surface area contributed by atoms with Gasteiger partial charge in [-0.3, -0.25) is 9.59 Å². The number of carbonyl (C=O) groups excluding carboxylic acids is 2. The number of nitrogens with one attached hydrogen (secondary N) is 2. The van der Waals surface area contributed by atoms with Gasteiger partial charge in [0.05, 0.1) is 5.92 Å². The summed E-state index contributed by atoms with van der Waals surface area (Å²) in [6.45, 7) is 1.64. The largest absolute Gasteiger partial charge is 0.481 e. The molecule has 0 bridgehead atoms. The summed E-state index contributed by atoms with van der Waals surface area (Å²) in [5.41, 5.74) is 4.48. The van der Waals surface area contributed by atoms with Crippen LogP contribution in [0.1, 0.15) is 43.2 Å². The third-order valence-electron chi connectivity index (χ3n) is 6.87. The normalized spacial score (nSPS) is 20.3. The van der Waals surface area contributed by atoms with Crippen molar-refractivity contribution in [3.05, 3.63) is 59.7 Å². The van der Waals surface area contributed by atoms with Crippen molar-refractivity contribution in [3.63, 3.8) is 0 Å². The molecule has 1 fully saturated rings. The van der Waals surface area contributed by atoms with E-state index in [1.54, 1.807) is 0 Å². The monoisotopic (exact) mass is 486 g/mol. The van der Waals surface area contributed by atoms with E-state index >= 15 is 0 Å². The van der Waals surface area contributed by atoms with Gasteiger partial charge in [-0.25, -0.2) is 13.6 Å². The fourth-order valence-electron chi connectivity index (χ4n) is 4.78. The van der Waals surface area contributed by atoms with Crippen molar-refractivity contribution in [2.75, 3.05) is 13.2 Å². The van der Waals surface area contributed by atoms with E-state index in [1.807, 2.05) is 43.3 Å². The zero-order valence-corrected chi connectivity index (χ0v) is 19.3. The van der Waals surface area contributed by atoms with E-state index in [-0.39, 0.29) is 31.5 Å². The number of fused-ring (bicyclic) bond motifs is 3. The van der Waals surface area contributed by atoms with Crippen LogP contribution in [0.2, 0.25) is 0 Å². The number of hydrogen-bond acceptors (Lipinski definition) is 4. The Bertz CT molecular complexity index is 1080. The van der Waals surface area contributed by atoms with Gasteiger partial charge in [-0.05, 0) is 35.1 Å². The molecule has 7 nitrogen and oxygen atoms in total. The van der Waals surface area contributed by atoms with E-state index in [0.29, 0.717) is 12.8 Å². The maximum atomic E-state index is 13.4. The third-order valence-corrected chi connectivity index (χ3v) is 6.87. The van der Waals surface area contributed by atoms with Gasteiger partial charge in [0.1, 0.15) is 12.5 Å². The predicted octanol–water partition coefficient (Wildman–Crippen LogP) is 4.17. The Morgan fingerprint density at radius 3 is 2.20 bits per heavy atom. The second-order valence-electron chi connectivity index (χ2n) is 9.01. The number of alkyl halides is 2. The Labute approximate surface area is 201 Å². The van der Waals surface area contributed by atoms with Gasteiger partial charge in [0.2, 0.25) is 5.91 Å². The number of carbonyl (C=O) groups is 3. The van der Waals surface area contributed by atoms with Crippen LogP contribution >= 0.6 is 0 Å². The second-order valence-corrected chi connectivity index (χ2v) is 9.01. The molecular formula is C26H28F2N2O5. The Kier molecular flexibility index (Phi) is 7.05. The van der Waals surface area contributed by atoms with Crippen LogP contribution in [0.25, 0.3) is 11.1 Å². The summed E-state index contributed by atoms with van der Waals surface area (Å²) in [6.07, 6.45) is 0.286. The van der Waals surface area contributed by atoms with Crippen LogP contribution in [0.5, 0.6) is 0 Å². The molecule has 2 aromatic rings. The van der Waals surface area contributed by atoms with E-state index in [4.69, 9.17) is 9.84 Å². The van der Waals surface area contributed by atoms with Crippen molar-refractivity contribution in [2.45, 2.75) is 44.1 Å². The van der Waals surface area contributed by atoms with Crippen LogP contribution in [-0.4, -0.2) is 48.2 Å². The van der Waals surface area contributed by atoms with Gasteiger partial charge in [0.25, 0.3) is 5.92 Å². The first-order chi connectivity index (χ1) is 16.7. The number of rotatable bonds is 10. The summed E-state index contributed by atoms with van der Waals surface area (Å²) >= 11 is 0. The van der Waals surface area contributed by atoms with Crippen LogP contribution in [0.15, 0.2) is 48.5 Å². The van der Waals surface area contributed by atoms with E-state index in [1.165, 1.54) is 0 Å². The molecule has 0 heterocycles. The highest BCUT2D eigenvalue weighted by atomic mass is 19.3. The van der Waals surface area contributed by atoms with Crippen molar-refractivity contribution in [2.24, 2.45) is 11.8 Å². The SMILES string of the molecule is CCC(CCC(=O)NC[C@@H]1[C@H](C(=O)O)C1(F)F)NC(=O)OCC1c2ccccc2-c2ccccc21. The van der Waals surface area contributed by atoms with Crippen molar-refractivity contribution in [1.82, 2.24) is 10.6 Å². The molecule has 2 aromatic carbocycles. The lowest BCUT2D eigenvalue weighted by atomic mass is 9.98. The third kappa shape index (κ3) is 5.13. The van der Waals surface area contributed by atoms with E-state index in [9.17, 15) is 23.2 Å². The lowest BCUT2D eigenvalue weighted by Crippen LogP contribution is -2.37. The minimum atomic E-state index is -3.29. The van der Waals surface area contributed by atoms with Crippen molar-refractivity contribution in [3.8, 4) is 11.1 Å². The average Bonchev–Trinajstić information content (AvgIpc) is 3.26. The van der Waals surface area contributed by atoms with Crippen molar-refractivity contribution in [1.29, 1.82) is 0 Å². The molecule has 0 radical (unpaired) electrons. The number of carboxylic acid groups (broad SMARTS) is 1. The molecule has 2 aliphatic carbocycles. The Morgan fingerprint density at radius 2 is 1.66 bits per heavy atom. The molecule has 1 unspecified atom stereocenters. The van der Waals surface area contributed by atoms with Crippen molar-refractivity contribution >= 4 is 18.0 Å². The molecular weight excluding hydrogens is 458 g/mol. The number of alkyl carbamates (subject to hydrolysis) is 1. The highest BCUT2D eigenvalue weighted by Gasteiger charge is 2.72. The molecule has 1 saturated carbocycles. The van der Waals surface area contributed by atoms with Gasteiger partial charge in [0.15, 0.2) is 0 Å². The summed E-state index contributed by atoms with van der Waals surface area (Å²) in [7, 11) is 0. The molecule has 9 heteroatoms. The Morgan fingerprint density at radius 1 is 1.06 bits per heavy atom. The molecule has 3 N–H and O–H groups in total. The molecule has 0 spiro atoms. The topological polar surface area (TPSA) is 105 Å². The quantitative estimate of drug-likeness (QED) is 0.468. The van der Waals surface area contributed by atoms with Gasteiger partial charge in [-0.1, -0.05) is 55.5 Å². The lowest BCUT2D eigenvalue weighted by Gasteiger charge is -2.19. The first-order valence-electron chi connectivity index (χ1n) is 11.7. The predicted molar refractivity (Wildman–Crippen MR) is 124 cm³/mol. The molecule has 2 aliphatic rings. The first kappa shape index (κ1) is 24.6. The van der Waals surface area contributed by atoms with E-state index < -0.39 is 35.7 Å². The highest BCUT2D eigenvalue weighted by Crippen LogP contribution is 2.54. The number of halogens is 2. The zero-order valence-electron chi connectivity index (χ0n) is 19.3. The summed E-state index contributed by atoms with van der Waals surface area (Å²) in [5.74, 6) is -8.52. The fourth-order valence-corrected chi connectivity index (χ4v) is 4.78. The number of benzene rings is 2. The van der Waals surface area contributed by atoms with E-state index in [2.05, 4.69) is 22.8 Å².